The fraction of sp³-hybridized carbons (Fsp3) is 0.195. The summed E-state index contributed by atoms with van der Waals surface area (Å²) < 4.78 is 23.8. The minimum atomic E-state index is 0.691. The average Bonchev–Trinajstić information content (AvgIpc) is 3.83. The summed E-state index contributed by atoms with van der Waals surface area (Å²) in [6.07, 6.45) is 2.02. The molecule has 0 fully saturated rings. The van der Waals surface area contributed by atoms with Crippen LogP contribution in [0, 0.1) is 6.42 Å². The fourth-order valence-corrected chi connectivity index (χ4v) is 7.73. The predicted octanol–water partition coefficient (Wildman–Crippen LogP) is 10.2. The van der Waals surface area contributed by atoms with Crippen molar-refractivity contribution in [1.29, 1.82) is 0 Å². The molecule has 0 N–H and O–H groups in total. The van der Waals surface area contributed by atoms with Gasteiger partial charge in [0.15, 0.2) is 34.1 Å². The number of hydrogen-bond acceptors (Lipinski definition) is 8. The fourth-order valence-electron chi connectivity index (χ4n) is 5.74. The molecule has 4 aromatic carbocycles. The molecule has 250 valence electrons. The second-order valence-corrected chi connectivity index (χ2v) is 14.1. The molecule has 0 aliphatic rings. The summed E-state index contributed by atoms with van der Waals surface area (Å²) in [5.74, 6) is 2.76. The van der Waals surface area contributed by atoms with Crippen molar-refractivity contribution in [3.05, 3.63) is 115 Å². The summed E-state index contributed by atoms with van der Waals surface area (Å²) in [4.78, 5) is 8.85. The summed E-state index contributed by atoms with van der Waals surface area (Å²) in [5.41, 5.74) is 8.36. The van der Waals surface area contributed by atoms with Gasteiger partial charge in [0.05, 0.1) is 28.4 Å². The molecule has 0 bridgehead atoms. The van der Waals surface area contributed by atoms with Crippen molar-refractivity contribution < 1.29 is 18.9 Å². The molecule has 6 nitrogen and oxygen atoms in total. The lowest BCUT2D eigenvalue weighted by Crippen LogP contribution is -2.07. The number of hydrogen-bond donors (Lipinski definition) is 0. The number of ether oxygens (including phenoxy) is 4. The smallest absolute Gasteiger partial charge is 0.194 e. The molecule has 8 heteroatoms. The third-order valence-corrected chi connectivity index (χ3v) is 10.9. The SMILES string of the molecule is COc1cc(-c2ccc(-c3ccc(N(C)C)cc3)s2)cc(OC)c1[CH+]c1c(OC)cc(-c2ccc(-c3ccc(N(C)C)cc3)s2)cc1OC. The highest BCUT2D eigenvalue weighted by molar-refractivity contribution is 7.19. The third-order valence-electron chi connectivity index (χ3n) is 8.49. The number of anilines is 2. The molecule has 0 amide bonds. The Morgan fingerprint density at radius 3 is 0.959 bits per heavy atom. The van der Waals surface area contributed by atoms with Crippen LogP contribution >= 0.6 is 22.7 Å². The van der Waals surface area contributed by atoms with E-state index in [-0.39, 0.29) is 0 Å². The van der Waals surface area contributed by atoms with Crippen LogP contribution in [0.1, 0.15) is 11.1 Å². The van der Waals surface area contributed by atoms with E-state index in [1.165, 1.54) is 32.3 Å². The molecular formula is C41H41N2O4S2+. The quantitative estimate of drug-likeness (QED) is 0.119. The summed E-state index contributed by atoms with van der Waals surface area (Å²) in [5, 5.41) is 0. The van der Waals surface area contributed by atoms with Gasteiger partial charge in [-0.15, -0.1) is 22.7 Å². The maximum atomic E-state index is 5.96. The highest BCUT2D eigenvalue weighted by Crippen LogP contribution is 2.45. The molecule has 49 heavy (non-hydrogen) atoms. The van der Waals surface area contributed by atoms with Crippen LogP contribution in [-0.2, 0) is 0 Å². The molecule has 0 aliphatic carbocycles. The van der Waals surface area contributed by atoms with Gasteiger partial charge in [-0.05, 0) is 59.7 Å². The molecule has 0 atom stereocenters. The van der Waals surface area contributed by atoms with E-state index in [0.29, 0.717) is 23.0 Å². The van der Waals surface area contributed by atoms with Crippen molar-refractivity contribution in [3.63, 3.8) is 0 Å². The van der Waals surface area contributed by atoms with Crippen LogP contribution in [0.15, 0.2) is 97.1 Å². The summed E-state index contributed by atoms with van der Waals surface area (Å²) in [7, 11) is 14.9. The summed E-state index contributed by atoms with van der Waals surface area (Å²) >= 11 is 3.48. The molecule has 0 saturated carbocycles. The van der Waals surface area contributed by atoms with E-state index in [1.54, 1.807) is 51.1 Å². The molecule has 0 unspecified atom stereocenters. The van der Waals surface area contributed by atoms with Crippen LogP contribution in [0.25, 0.3) is 41.8 Å². The number of benzene rings is 4. The first-order valence-corrected chi connectivity index (χ1v) is 17.5. The Labute approximate surface area is 297 Å². The van der Waals surface area contributed by atoms with Crippen LogP contribution in [0.3, 0.4) is 0 Å². The number of thiophene rings is 2. The predicted molar refractivity (Wildman–Crippen MR) is 208 cm³/mol. The van der Waals surface area contributed by atoms with E-state index in [1.807, 2.05) is 6.42 Å². The Hall–Kier alpha value is -5.05. The van der Waals surface area contributed by atoms with E-state index in [2.05, 4.69) is 135 Å². The second kappa shape index (κ2) is 14.6. The lowest BCUT2D eigenvalue weighted by atomic mass is 9.97. The van der Waals surface area contributed by atoms with E-state index < -0.39 is 0 Å². The molecule has 0 aliphatic heterocycles. The van der Waals surface area contributed by atoms with Crippen LogP contribution in [0.5, 0.6) is 23.0 Å². The monoisotopic (exact) mass is 689 g/mol. The van der Waals surface area contributed by atoms with Gasteiger partial charge in [0, 0.05) is 101 Å². The lowest BCUT2D eigenvalue weighted by molar-refractivity contribution is 0.385. The third kappa shape index (κ3) is 7.07. The van der Waals surface area contributed by atoms with Crippen molar-refractivity contribution in [2.75, 3.05) is 66.4 Å². The molecule has 0 spiro atoms. The van der Waals surface area contributed by atoms with Gasteiger partial charge >= 0.3 is 0 Å². The molecule has 0 radical (unpaired) electrons. The molecule has 2 heterocycles. The van der Waals surface area contributed by atoms with Crippen molar-refractivity contribution in [2.45, 2.75) is 0 Å². The molecule has 0 saturated heterocycles. The zero-order valence-electron chi connectivity index (χ0n) is 29.2. The minimum Gasteiger partial charge on any atom is -0.461 e. The second-order valence-electron chi connectivity index (χ2n) is 11.9. The molecule has 6 aromatic rings. The van der Waals surface area contributed by atoms with Crippen LogP contribution in [0.4, 0.5) is 11.4 Å². The topological polar surface area (TPSA) is 43.4 Å². The Morgan fingerprint density at radius 1 is 0.408 bits per heavy atom. The number of nitrogens with zero attached hydrogens (tertiary/aromatic N) is 2. The van der Waals surface area contributed by atoms with Gasteiger partial charge in [-0.3, -0.25) is 0 Å². The highest BCUT2D eigenvalue weighted by Gasteiger charge is 2.27. The maximum absolute atomic E-state index is 5.96. The van der Waals surface area contributed by atoms with Crippen molar-refractivity contribution >= 4 is 34.0 Å². The van der Waals surface area contributed by atoms with Crippen LogP contribution in [-0.4, -0.2) is 56.6 Å². The molecule has 2 aromatic heterocycles. The normalized spacial score (nSPS) is 10.9. The lowest BCUT2D eigenvalue weighted by Gasteiger charge is -2.13. The zero-order valence-corrected chi connectivity index (χ0v) is 30.8. The van der Waals surface area contributed by atoms with Gasteiger partial charge in [-0.2, -0.15) is 0 Å². The zero-order chi connectivity index (χ0) is 34.7. The van der Waals surface area contributed by atoms with Gasteiger partial charge < -0.3 is 28.7 Å². The Morgan fingerprint density at radius 2 is 0.694 bits per heavy atom. The van der Waals surface area contributed by atoms with Gasteiger partial charge in [0.1, 0.15) is 0 Å². The van der Waals surface area contributed by atoms with Gasteiger partial charge in [0.25, 0.3) is 0 Å². The van der Waals surface area contributed by atoms with Crippen LogP contribution in [0.2, 0.25) is 0 Å². The van der Waals surface area contributed by atoms with E-state index in [0.717, 1.165) is 32.0 Å². The van der Waals surface area contributed by atoms with Crippen molar-refractivity contribution in [3.8, 4) is 64.8 Å². The average molecular weight is 690 g/mol. The summed E-state index contributed by atoms with van der Waals surface area (Å²) in [6.45, 7) is 0. The van der Waals surface area contributed by atoms with Crippen LogP contribution < -0.4 is 28.7 Å². The number of methoxy groups -OCH3 is 4. The van der Waals surface area contributed by atoms with Gasteiger partial charge in [-0.25, -0.2) is 0 Å². The Bertz CT molecular complexity index is 1850. The molecule has 6 rings (SSSR count). The maximum Gasteiger partial charge on any atom is 0.194 e. The first-order valence-electron chi connectivity index (χ1n) is 15.9. The minimum absolute atomic E-state index is 0.691. The highest BCUT2D eigenvalue weighted by atomic mass is 32.1. The van der Waals surface area contributed by atoms with Crippen molar-refractivity contribution in [2.24, 2.45) is 0 Å². The van der Waals surface area contributed by atoms with Gasteiger partial charge in [0.2, 0.25) is 0 Å². The first kappa shape index (κ1) is 33.8. The number of rotatable bonds is 12. The van der Waals surface area contributed by atoms with E-state index in [9.17, 15) is 0 Å². The van der Waals surface area contributed by atoms with E-state index in [4.69, 9.17) is 18.9 Å². The largest absolute Gasteiger partial charge is 0.461 e. The Balaban J connectivity index is 1.31. The summed E-state index contributed by atoms with van der Waals surface area (Å²) in [6, 6.07) is 34.1. The first-order chi connectivity index (χ1) is 23.7. The van der Waals surface area contributed by atoms with E-state index >= 15 is 0 Å². The Kier molecular flexibility index (Phi) is 10.1. The standard InChI is InChI=1S/C41H41N2O4S2/c1-42(2)30-13-9-26(10-14-30)38-17-19-40(48-38)28-21-34(44-5)32(35(22-28)45-6)25-33-36(46-7)23-29(24-37(33)47-8)41-20-18-39(49-41)27-11-15-31(16-12-27)43(3)4/h9-25H,1-8H3/q+1. The molecular weight excluding hydrogens is 649 g/mol. The van der Waals surface area contributed by atoms with Crippen molar-refractivity contribution in [1.82, 2.24) is 0 Å². The van der Waals surface area contributed by atoms with Gasteiger partial charge in [-0.1, -0.05) is 24.3 Å².